The Bertz CT molecular complexity index is 949. The van der Waals surface area contributed by atoms with Crippen molar-refractivity contribution in [1.29, 1.82) is 0 Å². The van der Waals surface area contributed by atoms with Crippen LogP contribution in [0.1, 0.15) is 29.9 Å². The van der Waals surface area contributed by atoms with Gasteiger partial charge in [0, 0.05) is 19.3 Å². The molecule has 0 unspecified atom stereocenters. The summed E-state index contributed by atoms with van der Waals surface area (Å²) < 4.78 is 1.53. The molecule has 3 rings (SSSR count). The first-order chi connectivity index (χ1) is 12.1. The molecule has 3 aromatic rings. The van der Waals surface area contributed by atoms with Crippen molar-refractivity contribution < 1.29 is 4.79 Å². The van der Waals surface area contributed by atoms with Crippen molar-refractivity contribution in [3.8, 4) is 0 Å². The van der Waals surface area contributed by atoms with Crippen LogP contribution in [0.5, 0.6) is 0 Å². The Morgan fingerprint density at radius 1 is 1.16 bits per heavy atom. The Morgan fingerprint density at radius 3 is 2.64 bits per heavy atom. The van der Waals surface area contributed by atoms with E-state index in [1.807, 2.05) is 44.2 Å². The van der Waals surface area contributed by atoms with Gasteiger partial charge in [0.15, 0.2) is 11.3 Å². The number of nitrogens with zero attached hydrogens (tertiary/aromatic N) is 3. The molecule has 0 aliphatic carbocycles. The van der Waals surface area contributed by atoms with Gasteiger partial charge in [0.1, 0.15) is 5.52 Å². The number of rotatable bonds is 5. The predicted molar refractivity (Wildman–Crippen MR) is 96.2 cm³/mol. The van der Waals surface area contributed by atoms with Gasteiger partial charge in [-0.2, -0.15) is 0 Å². The van der Waals surface area contributed by atoms with Crippen molar-refractivity contribution in [3.63, 3.8) is 0 Å². The minimum atomic E-state index is -0.475. The van der Waals surface area contributed by atoms with Crippen LogP contribution < -0.4 is 10.9 Å². The molecule has 2 heterocycles. The summed E-state index contributed by atoms with van der Waals surface area (Å²) in [6.07, 6.45) is 1.62. The van der Waals surface area contributed by atoms with E-state index in [2.05, 4.69) is 15.3 Å². The maximum atomic E-state index is 12.8. The van der Waals surface area contributed by atoms with Gasteiger partial charge in [-0.25, -0.2) is 9.97 Å². The molecule has 0 spiro atoms. The van der Waals surface area contributed by atoms with Crippen molar-refractivity contribution in [2.24, 2.45) is 5.92 Å². The highest BCUT2D eigenvalue weighted by Crippen LogP contribution is 2.09. The highest BCUT2D eigenvalue weighted by Gasteiger charge is 2.18. The van der Waals surface area contributed by atoms with Crippen LogP contribution in [0, 0.1) is 5.92 Å². The van der Waals surface area contributed by atoms with Crippen LogP contribution in [0.2, 0.25) is 0 Å². The molecule has 6 heteroatoms. The Morgan fingerprint density at radius 2 is 1.92 bits per heavy atom. The van der Waals surface area contributed by atoms with E-state index in [1.165, 1.54) is 4.57 Å². The van der Waals surface area contributed by atoms with Crippen molar-refractivity contribution in [3.05, 3.63) is 70.3 Å². The molecule has 0 aliphatic rings. The molecule has 6 nitrogen and oxygen atoms in total. The number of nitrogens with one attached hydrogen (secondary N) is 1. The minimum Gasteiger partial charge on any atom is -0.346 e. The fourth-order valence-corrected chi connectivity index (χ4v) is 2.62. The molecule has 0 bridgehead atoms. The number of benzene rings is 1. The fourth-order valence-electron chi connectivity index (χ4n) is 2.62. The third kappa shape index (κ3) is 3.74. The second-order valence-electron chi connectivity index (χ2n) is 6.28. The molecule has 1 amide bonds. The number of pyridine rings is 1. The van der Waals surface area contributed by atoms with Crippen LogP contribution in [0.15, 0.2) is 53.5 Å². The zero-order chi connectivity index (χ0) is 17.8. The maximum absolute atomic E-state index is 12.8. The number of hydrogen-bond acceptors (Lipinski definition) is 4. The predicted octanol–water partition coefficient (Wildman–Crippen LogP) is 2.38. The summed E-state index contributed by atoms with van der Waals surface area (Å²) in [5.41, 5.74) is 1.48. The fraction of sp³-hybridized carbons (Fsp3) is 0.263. The molecule has 1 aromatic carbocycles. The number of hydrogen-bond donors (Lipinski definition) is 1. The van der Waals surface area contributed by atoms with Crippen LogP contribution >= 0.6 is 0 Å². The van der Waals surface area contributed by atoms with Crippen LogP contribution in [0.4, 0.5) is 0 Å². The molecule has 0 radical (unpaired) electrons. The van der Waals surface area contributed by atoms with E-state index in [-0.39, 0.29) is 11.6 Å². The largest absolute Gasteiger partial charge is 0.346 e. The molecule has 25 heavy (non-hydrogen) atoms. The van der Waals surface area contributed by atoms with Gasteiger partial charge in [-0.05, 0) is 23.6 Å². The molecular formula is C19H20N4O2. The summed E-state index contributed by atoms with van der Waals surface area (Å²) in [6.45, 7) is 4.84. The van der Waals surface area contributed by atoms with E-state index < -0.39 is 11.5 Å². The lowest BCUT2D eigenvalue weighted by molar-refractivity contribution is 0.0944. The normalized spacial score (nSPS) is 11.0. The topological polar surface area (TPSA) is 76.9 Å². The van der Waals surface area contributed by atoms with Crippen LogP contribution in [-0.4, -0.2) is 20.4 Å². The lowest BCUT2D eigenvalue weighted by Crippen LogP contribution is -2.35. The Kier molecular flexibility index (Phi) is 4.88. The highest BCUT2D eigenvalue weighted by atomic mass is 16.2. The summed E-state index contributed by atoms with van der Waals surface area (Å²) in [6, 6.07) is 13.0. The average molecular weight is 336 g/mol. The molecule has 2 aromatic heterocycles. The summed E-state index contributed by atoms with van der Waals surface area (Å²) in [5, 5.41) is 2.77. The molecular weight excluding hydrogens is 316 g/mol. The van der Waals surface area contributed by atoms with Gasteiger partial charge in [0.2, 0.25) is 0 Å². The van der Waals surface area contributed by atoms with Crippen molar-refractivity contribution in [2.75, 3.05) is 0 Å². The number of amides is 1. The van der Waals surface area contributed by atoms with Gasteiger partial charge in [0.25, 0.3) is 11.5 Å². The lowest BCUT2D eigenvalue weighted by atomic mass is 10.2. The summed E-state index contributed by atoms with van der Waals surface area (Å²) >= 11 is 0. The third-order valence-corrected chi connectivity index (χ3v) is 3.76. The van der Waals surface area contributed by atoms with Crippen molar-refractivity contribution in [2.45, 2.75) is 26.9 Å². The van der Waals surface area contributed by atoms with Crippen molar-refractivity contribution >= 4 is 17.1 Å². The molecule has 1 N–H and O–H groups in total. The second kappa shape index (κ2) is 7.25. The van der Waals surface area contributed by atoms with E-state index in [4.69, 9.17) is 0 Å². The monoisotopic (exact) mass is 336 g/mol. The number of carbonyl (C=O) groups excluding carboxylic acids is 1. The molecule has 0 aliphatic heterocycles. The zero-order valence-corrected chi connectivity index (χ0v) is 14.3. The first kappa shape index (κ1) is 16.8. The molecule has 0 saturated heterocycles. The maximum Gasteiger partial charge on any atom is 0.283 e. The molecule has 0 atom stereocenters. The first-order valence-electron chi connectivity index (χ1n) is 8.24. The van der Waals surface area contributed by atoms with Crippen LogP contribution in [0.25, 0.3) is 11.2 Å². The Balaban J connectivity index is 1.96. The van der Waals surface area contributed by atoms with E-state index in [1.54, 1.807) is 18.3 Å². The van der Waals surface area contributed by atoms with Gasteiger partial charge in [-0.1, -0.05) is 44.2 Å². The SMILES string of the molecule is CC(C)Cn1c(=O)c(C(=O)NCc2ccccc2)nc2cccnc21. The summed E-state index contributed by atoms with van der Waals surface area (Å²) in [4.78, 5) is 33.8. The van der Waals surface area contributed by atoms with Crippen LogP contribution in [0.3, 0.4) is 0 Å². The Labute approximate surface area is 145 Å². The van der Waals surface area contributed by atoms with Gasteiger partial charge in [-0.15, -0.1) is 0 Å². The molecule has 128 valence electrons. The average Bonchev–Trinajstić information content (AvgIpc) is 2.62. The highest BCUT2D eigenvalue weighted by molar-refractivity contribution is 5.93. The summed E-state index contributed by atoms with van der Waals surface area (Å²) in [5.74, 6) is -0.234. The van der Waals surface area contributed by atoms with Crippen LogP contribution in [-0.2, 0) is 13.1 Å². The van der Waals surface area contributed by atoms with Gasteiger partial charge < -0.3 is 5.32 Å². The number of fused-ring (bicyclic) bond motifs is 1. The van der Waals surface area contributed by atoms with Gasteiger partial charge >= 0.3 is 0 Å². The molecule has 0 saturated carbocycles. The lowest BCUT2D eigenvalue weighted by Gasteiger charge is -2.13. The quantitative estimate of drug-likeness (QED) is 0.776. The van der Waals surface area contributed by atoms with Gasteiger partial charge in [0.05, 0.1) is 0 Å². The van der Waals surface area contributed by atoms with E-state index in [9.17, 15) is 9.59 Å². The number of aromatic nitrogens is 3. The van der Waals surface area contributed by atoms with Crippen molar-refractivity contribution in [1.82, 2.24) is 19.9 Å². The first-order valence-corrected chi connectivity index (χ1v) is 8.24. The number of carbonyl (C=O) groups is 1. The zero-order valence-electron chi connectivity index (χ0n) is 14.3. The van der Waals surface area contributed by atoms with E-state index in [0.717, 1.165) is 5.56 Å². The van der Waals surface area contributed by atoms with Gasteiger partial charge in [-0.3, -0.25) is 14.2 Å². The van der Waals surface area contributed by atoms with E-state index >= 15 is 0 Å². The minimum absolute atomic E-state index is 0.0999. The van der Waals surface area contributed by atoms with E-state index in [0.29, 0.717) is 24.3 Å². The second-order valence-corrected chi connectivity index (χ2v) is 6.28. The Hall–Kier alpha value is -3.02. The summed E-state index contributed by atoms with van der Waals surface area (Å²) in [7, 11) is 0. The third-order valence-electron chi connectivity index (χ3n) is 3.76. The molecule has 0 fully saturated rings. The smallest absolute Gasteiger partial charge is 0.283 e. The standard InChI is InChI=1S/C19H20N4O2/c1-13(2)12-23-17-15(9-6-10-20-17)22-16(19(23)25)18(24)21-11-14-7-4-3-5-8-14/h3-10,13H,11-12H2,1-2H3,(H,21,24).